The minimum Gasteiger partial charge on any atom is -0.276 e. The zero-order valence-electron chi connectivity index (χ0n) is 11.1. The molecular weight excluding hydrogens is 354 g/mol. The van der Waals surface area contributed by atoms with E-state index in [0.29, 0.717) is 0 Å². The van der Waals surface area contributed by atoms with E-state index in [0.717, 1.165) is 39.2 Å². The number of aromatic amines is 1. The highest BCUT2D eigenvalue weighted by Gasteiger charge is 2.12. The lowest BCUT2D eigenvalue weighted by molar-refractivity contribution is 0.476. The van der Waals surface area contributed by atoms with Crippen molar-refractivity contribution in [1.82, 2.24) is 15.2 Å². The molecule has 0 fully saturated rings. The fourth-order valence-electron chi connectivity index (χ4n) is 1.77. The SMILES string of the molecule is CN(SONc1ccccc1)c1n[nH]c2ncc(Br)cc12. The van der Waals surface area contributed by atoms with Gasteiger partial charge >= 0.3 is 0 Å². The van der Waals surface area contributed by atoms with E-state index < -0.39 is 0 Å². The van der Waals surface area contributed by atoms with Crippen molar-refractivity contribution in [1.29, 1.82) is 0 Å². The molecule has 108 valence electrons. The molecule has 2 aromatic heterocycles. The lowest BCUT2D eigenvalue weighted by atomic mass is 10.3. The van der Waals surface area contributed by atoms with Gasteiger partial charge in [0.1, 0.15) is 12.2 Å². The van der Waals surface area contributed by atoms with E-state index in [2.05, 4.69) is 36.6 Å². The van der Waals surface area contributed by atoms with Crippen LogP contribution in [0.25, 0.3) is 11.0 Å². The van der Waals surface area contributed by atoms with Gasteiger partial charge in [-0.15, -0.1) is 0 Å². The highest BCUT2D eigenvalue weighted by Crippen LogP contribution is 2.28. The molecule has 0 aliphatic heterocycles. The standard InChI is InChI=1S/C13H12BrN5OS/c1-19(21-20-18-10-5-3-2-4-6-10)13-11-7-9(14)8-15-12(11)16-17-13/h2-8,18H,1H3,(H,15,16,17). The van der Waals surface area contributed by atoms with Gasteiger partial charge in [0, 0.05) is 17.7 Å². The summed E-state index contributed by atoms with van der Waals surface area (Å²) in [6, 6.07) is 11.6. The van der Waals surface area contributed by atoms with Crippen molar-refractivity contribution < 1.29 is 4.28 Å². The first-order valence-electron chi connectivity index (χ1n) is 6.12. The molecule has 0 radical (unpaired) electrons. The third-order valence-electron chi connectivity index (χ3n) is 2.74. The quantitative estimate of drug-likeness (QED) is 0.407. The molecule has 0 unspecified atom stereocenters. The Kier molecular flexibility index (Phi) is 4.28. The van der Waals surface area contributed by atoms with Crippen molar-refractivity contribution in [2.24, 2.45) is 0 Å². The van der Waals surface area contributed by atoms with Gasteiger partial charge in [-0.05, 0) is 34.1 Å². The third kappa shape index (κ3) is 3.29. The summed E-state index contributed by atoms with van der Waals surface area (Å²) in [4.78, 5) is 4.25. The van der Waals surface area contributed by atoms with Crippen LogP contribution >= 0.6 is 28.2 Å². The van der Waals surface area contributed by atoms with Crippen molar-refractivity contribution in [2.45, 2.75) is 0 Å². The Balaban J connectivity index is 1.67. The van der Waals surface area contributed by atoms with Crippen LogP contribution < -0.4 is 9.79 Å². The molecule has 0 bridgehead atoms. The van der Waals surface area contributed by atoms with Crippen LogP contribution in [0.3, 0.4) is 0 Å². The number of hydrogen-bond acceptors (Lipinski definition) is 6. The first-order valence-corrected chi connectivity index (χ1v) is 7.61. The fourth-order valence-corrected chi connectivity index (χ4v) is 2.56. The number of aromatic nitrogens is 3. The van der Waals surface area contributed by atoms with Gasteiger partial charge in [-0.1, -0.05) is 18.2 Å². The van der Waals surface area contributed by atoms with Gasteiger partial charge in [0.25, 0.3) is 0 Å². The second kappa shape index (κ2) is 6.33. The van der Waals surface area contributed by atoms with Crippen molar-refractivity contribution >= 4 is 50.7 Å². The molecule has 6 nitrogen and oxygen atoms in total. The summed E-state index contributed by atoms with van der Waals surface area (Å²) in [7, 11) is 1.87. The van der Waals surface area contributed by atoms with E-state index in [1.54, 1.807) is 6.20 Å². The molecule has 0 saturated carbocycles. The summed E-state index contributed by atoms with van der Waals surface area (Å²) in [5.41, 5.74) is 4.47. The van der Waals surface area contributed by atoms with Gasteiger partial charge in [0.05, 0.1) is 11.1 Å². The molecule has 2 heterocycles. The Bertz CT molecular complexity index is 736. The van der Waals surface area contributed by atoms with Gasteiger partial charge < -0.3 is 0 Å². The molecule has 0 amide bonds. The highest BCUT2D eigenvalue weighted by atomic mass is 79.9. The summed E-state index contributed by atoms with van der Waals surface area (Å²) in [5, 5.41) is 8.06. The zero-order valence-corrected chi connectivity index (χ0v) is 13.5. The zero-order chi connectivity index (χ0) is 14.7. The minimum atomic E-state index is 0.733. The smallest absolute Gasteiger partial charge is 0.171 e. The summed E-state index contributed by atoms with van der Waals surface area (Å²) < 4.78 is 8.10. The largest absolute Gasteiger partial charge is 0.276 e. The fraction of sp³-hybridized carbons (Fsp3) is 0.0769. The lowest BCUT2D eigenvalue weighted by Crippen LogP contribution is -2.10. The summed E-state index contributed by atoms with van der Waals surface area (Å²) >= 11 is 4.56. The van der Waals surface area contributed by atoms with Crippen LogP contribution in [-0.2, 0) is 4.28 Å². The van der Waals surface area contributed by atoms with Crippen LogP contribution in [0.4, 0.5) is 11.5 Å². The normalized spacial score (nSPS) is 10.8. The van der Waals surface area contributed by atoms with Crippen LogP contribution in [0.1, 0.15) is 0 Å². The maximum absolute atomic E-state index is 5.39. The monoisotopic (exact) mass is 365 g/mol. The second-order valence-electron chi connectivity index (χ2n) is 4.22. The van der Waals surface area contributed by atoms with E-state index in [-0.39, 0.29) is 0 Å². The van der Waals surface area contributed by atoms with Crippen LogP contribution in [0, 0.1) is 0 Å². The number of pyridine rings is 1. The Hall–Kier alpha value is -1.77. The average Bonchev–Trinajstić information content (AvgIpc) is 2.91. The Morgan fingerprint density at radius 1 is 1.33 bits per heavy atom. The third-order valence-corrected chi connectivity index (χ3v) is 3.73. The molecule has 0 aliphatic rings. The summed E-state index contributed by atoms with van der Waals surface area (Å²) in [6.07, 6.45) is 1.73. The van der Waals surface area contributed by atoms with Gasteiger partial charge in [-0.25, -0.2) is 4.98 Å². The molecule has 0 atom stereocenters. The van der Waals surface area contributed by atoms with Crippen molar-refractivity contribution in [3.8, 4) is 0 Å². The Labute approximate surface area is 134 Å². The number of para-hydroxylation sites is 1. The number of hydrogen-bond donors (Lipinski definition) is 2. The number of H-pyrrole nitrogens is 1. The first-order chi connectivity index (χ1) is 10.2. The maximum Gasteiger partial charge on any atom is 0.171 e. The topological polar surface area (TPSA) is 66.1 Å². The molecular formula is C13H12BrN5OS. The van der Waals surface area contributed by atoms with Crippen molar-refractivity contribution in [2.75, 3.05) is 16.8 Å². The molecule has 0 aliphatic carbocycles. The predicted octanol–water partition coefficient (Wildman–Crippen LogP) is 3.76. The number of rotatable bonds is 5. The summed E-state index contributed by atoms with van der Waals surface area (Å²) in [5.74, 6) is 0.749. The van der Waals surface area contributed by atoms with Gasteiger partial charge in [0.2, 0.25) is 0 Å². The van der Waals surface area contributed by atoms with Crippen LogP contribution in [0.15, 0.2) is 47.1 Å². The van der Waals surface area contributed by atoms with Crippen LogP contribution in [-0.4, -0.2) is 22.2 Å². The number of halogens is 1. The minimum absolute atomic E-state index is 0.733. The van der Waals surface area contributed by atoms with E-state index in [1.807, 2.05) is 47.8 Å². The van der Waals surface area contributed by atoms with Gasteiger partial charge in [-0.2, -0.15) is 9.38 Å². The molecule has 0 spiro atoms. The molecule has 2 N–H and O–H groups in total. The molecule has 8 heteroatoms. The summed E-state index contributed by atoms with van der Waals surface area (Å²) in [6.45, 7) is 0. The number of fused-ring (bicyclic) bond motifs is 1. The van der Waals surface area contributed by atoms with Crippen LogP contribution in [0.2, 0.25) is 0 Å². The van der Waals surface area contributed by atoms with Crippen molar-refractivity contribution in [3.05, 3.63) is 47.1 Å². The van der Waals surface area contributed by atoms with E-state index in [1.165, 1.54) is 0 Å². The van der Waals surface area contributed by atoms with Gasteiger partial charge in [0.15, 0.2) is 11.5 Å². The number of anilines is 2. The lowest BCUT2D eigenvalue weighted by Gasteiger charge is -2.14. The van der Waals surface area contributed by atoms with Crippen LogP contribution in [0.5, 0.6) is 0 Å². The van der Waals surface area contributed by atoms with E-state index in [4.69, 9.17) is 4.28 Å². The average molecular weight is 366 g/mol. The second-order valence-corrected chi connectivity index (χ2v) is 6.00. The van der Waals surface area contributed by atoms with Crippen molar-refractivity contribution in [3.63, 3.8) is 0 Å². The van der Waals surface area contributed by atoms with E-state index >= 15 is 0 Å². The number of nitrogens with zero attached hydrogens (tertiary/aromatic N) is 3. The Morgan fingerprint density at radius 3 is 2.95 bits per heavy atom. The highest BCUT2D eigenvalue weighted by molar-refractivity contribution is 9.10. The Morgan fingerprint density at radius 2 is 2.14 bits per heavy atom. The molecule has 21 heavy (non-hydrogen) atoms. The molecule has 3 aromatic rings. The molecule has 1 aromatic carbocycles. The maximum atomic E-state index is 5.39. The number of nitrogens with one attached hydrogen (secondary N) is 2. The predicted molar refractivity (Wildman–Crippen MR) is 88.7 cm³/mol. The molecule has 3 rings (SSSR count). The van der Waals surface area contributed by atoms with E-state index in [9.17, 15) is 0 Å². The van der Waals surface area contributed by atoms with Gasteiger partial charge in [-0.3, -0.25) is 14.9 Å². The molecule has 0 saturated heterocycles. The number of benzene rings is 1. The first kappa shape index (κ1) is 14.2.